The number of rotatable bonds is 4. The van der Waals surface area contributed by atoms with E-state index in [1.165, 1.54) is 7.11 Å². The smallest absolute Gasteiger partial charge is 0.222 e. The summed E-state index contributed by atoms with van der Waals surface area (Å²) >= 11 is 0.432. The van der Waals surface area contributed by atoms with E-state index < -0.39 is 0 Å². The Bertz CT molecular complexity index is 1050. The van der Waals surface area contributed by atoms with Gasteiger partial charge in [-0.25, -0.2) is 4.98 Å². The van der Waals surface area contributed by atoms with Gasteiger partial charge in [-0.2, -0.15) is 0 Å². The number of nitrogens with zero attached hydrogens (tertiary/aromatic N) is 3. The minimum absolute atomic E-state index is 0.137. The van der Waals surface area contributed by atoms with Crippen LogP contribution >= 0.6 is 7.81 Å². The van der Waals surface area contributed by atoms with Crippen LogP contribution in [0.25, 0.3) is 5.57 Å². The van der Waals surface area contributed by atoms with Crippen molar-refractivity contribution < 1.29 is 18.5 Å². The molecule has 4 rings (SSSR count). The number of amides is 1. The molecule has 0 bridgehead atoms. The molecule has 9 heteroatoms. The monoisotopic (exact) mass is 414 g/mol. The Morgan fingerprint density at radius 3 is 2.75 bits per heavy atom. The number of carbonyl (C=O) groups is 1. The fourth-order valence-electron chi connectivity index (χ4n) is 3.26. The molecule has 3 heterocycles. The SMILES string of the molecule is COc1ccc(C2=CN3C(=O)c4cc(OC)c(O[SH-]#P)cc4N=C[C@@H]3C2)cn1. The first-order chi connectivity index (χ1) is 13.6. The van der Waals surface area contributed by atoms with Gasteiger partial charge in [0.25, 0.3) is 0 Å². The van der Waals surface area contributed by atoms with Gasteiger partial charge in [0.1, 0.15) is 0 Å². The number of carbonyl (C=O) groups excluding carboxylic acids is 1. The Kier molecular flexibility index (Phi) is 5.24. The zero-order valence-corrected chi connectivity index (χ0v) is 17.0. The summed E-state index contributed by atoms with van der Waals surface area (Å²) in [5, 5.41) is 0. The summed E-state index contributed by atoms with van der Waals surface area (Å²) < 4.78 is 15.9. The average Bonchev–Trinajstić information content (AvgIpc) is 3.11. The van der Waals surface area contributed by atoms with Gasteiger partial charge in [0.05, 0.1) is 7.11 Å². The van der Waals surface area contributed by atoms with Gasteiger partial charge in [-0.05, 0) is 0 Å². The summed E-state index contributed by atoms with van der Waals surface area (Å²) in [6, 6.07) is 6.94. The number of aromatic nitrogens is 1. The third-order valence-corrected chi connectivity index (χ3v) is 5.19. The van der Waals surface area contributed by atoms with E-state index >= 15 is 0 Å². The summed E-state index contributed by atoms with van der Waals surface area (Å²) in [6.07, 6.45) is 6.06. The zero-order chi connectivity index (χ0) is 19.7. The molecule has 0 radical (unpaired) electrons. The topological polar surface area (TPSA) is 73.2 Å². The van der Waals surface area contributed by atoms with Gasteiger partial charge in [0, 0.05) is 6.07 Å². The molecular weight excluding hydrogens is 397 g/mol. The number of aliphatic imine (C=N–C) groups is 1. The second kappa shape index (κ2) is 7.81. The molecule has 7 nitrogen and oxygen atoms in total. The van der Waals surface area contributed by atoms with E-state index in [0.29, 0.717) is 46.1 Å². The average molecular weight is 414 g/mol. The van der Waals surface area contributed by atoms with Gasteiger partial charge in [0.15, 0.2) is 0 Å². The van der Waals surface area contributed by atoms with Crippen molar-refractivity contribution in [2.45, 2.75) is 12.5 Å². The Balaban J connectivity index is 1.70. The van der Waals surface area contributed by atoms with Crippen molar-refractivity contribution in [2.75, 3.05) is 14.2 Å². The Labute approximate surface area is 167 Å². The van der Waals surface area contributed by atoms with Crippen LogP contribution in [0.15, 0.2) is 41.7 Å². The van der Waals surface area contributed by atoms with Gasteiger partial charge in [-0.1, -0.05) is 0 Å². The van der Waals surface area contributed by atoms with Crippen molar-refractivity contribution in [3.05, 3.63) is 47.8 Å². The minimum atomic E-state index is -0.157. The number of pyridine rings is 1. The van der Waals surface area contributed by atoms with Crippen LogP contribution in [-0.4, -0.2) is 42.3 Å². The molecule has 1 atom stereocenters. The molecule has 0 fully saturated rings. The third kappa shape index (κ3) is 3.34. The molecular formula is C19H17N3O4PS-. The molecule has 1 aromatic carbocycles. The van der Waals surface area contributed by atoms with Crippen molar-refractivity contribution in [1.82, 2.24) is 9.88 Å². The standard InChI is InChI=1S/C19H17N3O4PS/c1-24-16-6-14-15(7-17(16)26-28-27)20-9-13-5-12(10-22(13)19(14)23)11-3-4-18(25-2)21-8-11/h3-4,6-10,13,28H,5H2,1-2H3/q-1/t13-/m0/s1. The molecule has 2 aliphatic heterocycles. The first kappa shape index (κ1) is 18.8. The number of hydrogen-bond donors (Lipinski definition) is 0. The first-order valence-electron chi connectivity index (χ1n) is 8.46. The summed E-state index contributed by atoms with van der Waals surface area (Å²) in [5.74, 6) is 1.37. The number of methoxy groups -OCH3 is 2. The van der Waals surface area contributed by atoms with Gasteiger partial charge < -0.3 is 4.74 Å². The molecule has 0 spiro atoms. The van der Waals surface area contributed by atoms with Gasteiger partial charge >= 0.3 is 139 Å². The summed E-state index contributed by atoms with van der Waals surface area (Å²) in [4.78, 5) is 23.7. The van der Waals surface area contributed by atoms with Crippen LogP contribution in [0.2, 0.25) is 0 Å². The Morgan fingerprint density at radius 2 is 2.07 bits per heavy atom. The van der Waals surface area contributed by atoms with Crippen LogP contribution in [-0.2, 0) is 11.0 Å². The van der Waals surface area contributed by atoms with E-state index in [2.05, 4.69) is 17.8 Å². The number of benzene rings is 1. The van der Waals surface area contributed by atoms with E-state index in [9.17, 15) is 4.79 Å². The van der Waals surface area contributed by atoms with Crippen molar-refractivity contribution in [3.63, 3.8) is 0 Å². The van der Waals surface area contributed by atoms with Crippen molar-refractivity contribution in [3.8, 4) is 17.4 Å². The number of hydrogen-bond acceptors (Lipinski definition) is 7. The fraction of sp³-hybridized carbons (Fsp3) is 0.211. The first-order valence-corrected chi connectivity index (χ1v) is 10.4. The summed E-state index contributed by atoms with van der Waals surface area (Å²) in [5.41, 5.74) is 2.98. The van der Waals surface area contributed by atoms with Crippen molar-refractivity contribution in [2.24, 2.45) is 4.99 Å². The molecule has 28 heavy (non-hydrogen) atoms. The normalized spacial score (nSPS) is 17.5. The summed E-state index contributed by atoms with van der Waals surface area (Å²) in [6.45, 7) is 0. The van der Waals surface area contributed by atoms with Crippen molar-refractivity contribution in [1.29, 1.82) is 0 Å². The predicted molar refractivity (Wildman–Crippen MR) is 111 cm³/mol. The summed E-state index contributed by atoms with van der Waals surface area (Å²) in [7, 11) is 7.16. The maximum atomic E-state index is 13.2. The van der Waals surface area contributed by atoms with E-state index in [1.807, 2.05) is 12.3 Å². The van der Waals surface area contributed by atoms with Crippen LogP contribution in [0.4, 0.5) is 5.69 Å². The minimum Gasteiger partial charge on any atom is -0.222 e. The number of ether oxygens (including phenoxy) is 2. The molecule has 1 amide bonds. The molecule has 0 saturated heterocycles. The van der Waals surface area contributed by atoms with Crippen LogP contribution in [0.3, 0.4) is 0 Å². The van der Waals surface area contributed by atoms with Crippen molar-refractivity contribution >= 4 is 42.2 Å². The second-order valence-corrected chi connectivity index (χ2v) is 7.03. The molecule has 2 aliphatic rings. The van der Waals surface area contributed by atoms with Crippen LogP contribution in [0.1, 0.15) is 22.3 Å². The maximum absolute atomic E-state index is 13.2. The van der Waals surface area contributed by atoms with E-state index in [1.54, 1.807) is 42.6 Å². The zero-order valence-electron chi connectivity index (χ0n) is 15.2. The molecule has 0 saturated carbocycles. The fourth-order valence-corrected chi connectivity index (χ4v) is 3.76. The molecule has 144 valence electrons. The second-order valence-electron chi connectivity index (χ2n) is 6.20. The Morgan fingerprint density at radius 1 is 1.21 bits per heavy atom. The van der Waals surface area contributed by atoms with Crippen LogP contribution < -0.4 is 13.7 Å². The third-order valence-electron chi connectivity index (χ3n) is 4.67. The molecule has 2 aromatic rings. The predicted octanol–water partition coefficient (Wildman–Crippen LogP) is 3.50. The van der Waals surface area contributed by atoms with E-state index in [0.717, 1.165) is 11.1 Å². The van der Waals surface area contributed by atoms with Gasteiger partial charge in [-0.3, -0.25) is 0 Å². The number of thiol groups is 1. The van der Waals surface area contributed by atoms with E-state index in [4.69, 9.17) is 13.7 Å². The molecule has 0 N–H and O–H groups in total. The molecule has 1 aromatic heterocycles. The molecule has 0 unspecified atom stereocenters. The molecule has 0 aliphatic carbocycles. The van der Waals surface area contributed by atoms with Crippen LogP contribution in [0, 0.1) is 0 Å². The van der Waals surface area contributed by atoms with Gasteiger partial charge in [0.2, 0.25) is 5.88 Å². The van der Waals surface area contributed by atoms with Gasteiger partial charge in [-0.15, -0.1) is 0 Å². The quantitative estimate of drug-likeness (QED) is 0.435. The van der Waals surface area contributed by atoms with Crippen LogP contribution in [0.5, 0.6) is 17.4 Å². The Hall–Kier alpha value is -2.57. The number of fused-ring (bicyclic) bond motifs is 2. The van der Waals surface area contributed by atoms with E-state index in [-0.39, 0.29) is 11.9 Å².